The molecule has 224 valence electrons. The van der Waals surface area contributed by atoms with Gasteiger partial charge in [0.05, 0.1) is 0 Å². The van der Waals surface area contributed by atoms with E-state index in [2.05, 4.69) is 158 Å². The molecule has 0 aliphatic heterocycles. The first kappa shape index (κ1) is 27.8. The highest BCUT2D eigenvalue weighted by atomic mass is 15.0. The molecule has 9 rings (SSSR count). The summed E-state index contributed by atoms with van der Waals surface area (Å²) in [7, 11) is 0. The number of benzene rings is 8. The van der Waals surface area contributed by atoms with Crippen molar-refractivity contribution in [3.8, 4) is 56.4 Å². The minimum atomic E-state index is 0.644. The molecular formula is C45H29N3. The maximum Gasteiger partial charge on any atom is 0.164 e. The zero-order valence-corrected chi connectivity index (χ0v) is 26.1. The van der Waals surface area contributed by atoms with Crippen LogP contribution in [0.5, 0.6) is 0 Å². The highest BCUT2D eigenvalue weighted by Crippen LogP contribution is 2.37. The molecule has 0 spiro atoms. The van der Waals surface area contributed by atoms with Crippen molar-refractivity contribution in [3.63, 3.8) is 0 Å². The Morgan fingerprint density at radius 1 is 0.271 bits per heavy atom. The van der Waals surface area contributed by atoms with Gasteiger partial charge in [0.25, 0.3) is 0 Å². The Bertz CT molecular complexity index is 2600. The van der Waals surface area contributed by atoms with E-state index in [0.717, 1.165) is 44.0 Å². The summed E-state index contributed by atoms with van der Waals surface area (Å²) in [5.74, 6) is 1.94. The van der Waals surface area contributed by atoms with Gasteiger partial charge in [-0.2, -0.15) is 0 Å². The quantitative estimate of drug-likeness (QED) is 0.194. The van der Waals surface area contributed by atoms with Gasteiger partial charge >= 0.3 is 0 Å². The average Bonchev–Trinajstić information content (AvgIpc) is 3.17. The molecule has 0 fully saturated rings. The van der Waals surface area contributed by atoms with Gasteiger partial charge in [0, 0.05) is 22.1 Å². The van der Waals surface area contributed by atoms with Crippen molar-refractivity contribution < 1.29 is 0 Å². The van der Waals surface area contributed by atoms with Crippen molar-refractivity contribution in [2.75, 3.05) is 0 Å². The van der Waals surface area contributed by atoms with E-state index in [4.69, 9.17) is 15.0 Å². The molecule has 8 aromatic carbocycles. The summed E-state index contributed by atoms with van der Waals surface area (Å²) in [6.45, 7) is 0. The molecule has 0 amide bonds. The Hall–Kier alpha value is -6.45. The van der Waals surface area contributed by atoms with Gasteiger partial charge in [-0.25, -0.2) is 15.0 Å². The van der Waals surface area contributed by atoms with Gasteiger partial charge in [0.1, 0.15) is 0 Å². The third-order valence-electron chi connectivity index (χ3n) is 9.10. The van der Waals surface area contributed by atoms with Crippen molar-refractivity contribution in [3.05, 3.63) is 176 Å². The predicted octanol–water partition coefficient (Wildman–Crippen LogP) is 11.7. The predicted molar refractivity (Wildman–Crippen MR) is 200 cm³/mol. The summed E-state index contributed by atoms with van der Waals surface area (Å²) >= 11 is 0. The number of nitrogens with zero attached hydrogens (tertiary/aromatic N) is 3. The Morgan fingerprint density at radius 2 is 0.812 bits per heavy atom. The van der Waals surface area contributed by atoms with Gasteiger partial charge in [0.2, 0.25) is 0 Å². The first-order chi connectivity index (χ1) is 23.8. The van der Waals surface area contributed by atoms with E-state index in [1.54, 1.807) is 0 Å². The van der Waals surface area contributed by atoms with Gasteiger partial charge in [0.15, 0.2) is 17.5 Å². The normalized spacial score (nSPS) is 11.3. The van der Waals surface area contributed by atoms with Crippen LogP contribution in [0.3, 0.4) is 0 Å². The van der Waals surface area contributed by atoms with Crippen LogP contribution in [0.2, 0.25) is 0 Å². The highest BCUT2D eigenvalue weighted by Gasteiger charge is 2.17. The zero-order chi connectivity index (χ0) is 31.9. The molecule has 0 saturated heterocycles. The minimum absolute atomic E-state index is 0.644. The topological polar surface area (TPSA) is 38.7 Å². The van der Waals surface area contributed by atoms with Crippen molar-refractivity contribution in [1.29, 1.82) is 0 Å². The molecule has 9 aromatic rings. The molecule has 0 atom stereocenters. The summed E-state index contributed by atoms with van der Waals surface area (Å²) in [6, 6.07) is 61.7. The average molecular weight is 612 g/mol. The fourth-order valence-corrected chi connectivity index (χ4v) is 6.76. The maximum absolute atomic E-state index is 5.19. The molecule has 3 nitrogen and oxygen atoms in total. The number of hydrogen-bond donors (Lipinski definition) is 0. The fourth-order valence-electron chi connectivity index (χ4n) is 6.76. The van der Waals surface area contributed by atoms with Crippen LogP contribution >= 0.6 is 0 Å². The molecule has 0 unspecified atom stereocenters. The Kier molecular flexibility index (Phi) is 6.80. The van der Waals surface area contributed by atoms with E-state index in [1.807, 2.05) is 18.2 Å². The molecule has 48 heavy (non-hydrogen) atoms. The summed E-state index contributed by atoms with van der Waals surface area (Å²) in [4.78, 5) is 15.4. The van der Waals surface area contributed by atoms with E-state index >= 15 is 0 Å². The third-order valence-corrected chi connectivity index (χ3v) is 9.10. The number of hydrogen-bond acceptors (Lipinski definition) is 3. The van der Waals surface area contributed by atoms with Crippen LogP contribution in [0.1, 0.15) is 0 Å². The Morgan fingerprint density at radius 3 is 1.58 bits per heavy atom. The molecule has 0 saturated carbocycles. The van der Waals surface area contributed by atoms with Crippen LogP contribution in [0.15, 0.2) is 176 Å². The second-order valence-corrected chi connectivity index (χ2v) is 12.1. The van der Waals surface area contributed by atoms with Gasteiger partial charge in [-0.1, -0.05) is 164 Å². The molecule has 0 aliphatic rings. The lowest BCUT2D eigenvalue weighted by molar-refractivity contribution is 1.08. The molecule has 0 bridgehead atoms. The lowest BCUT2D eigenvalue weighted by Crippen LogP contribution is -2.01. The van der Waals surface area contributed by atoms with Gasteiger partial charge < -0.3 is 0 Å². The summed E-state index contributed by atoms with van der Waals surface area (Å²) < 4.78 is 0. The van der Waals surface area contributed by atoms with E-state index in [0.29, 0.717) is 17.5 Å². The lowest BCUT2D eigenvalue weighted by atomic mass is 9.94. The molecule has 1 aromatic heterocycles. The second-order valence-electron chi connectivity index (χ2n) is 12.1. The van der Waals surface area contributed by atoms with Crippen LogP contribution in [0, 0.1) is 0 Å². The number of aromatic nitrogens is 3. The fraction of sp³-hybridized carbons (Fsp3) is 0. The summed E-state index contributed by atoms with van der Waals surface area (Å²) in [5.41, 5.74) is 7.59. The standard InChI is InChI=1S/C45H29N3/c1-3-12-32(13-4-1)40-22-10-18-33-19-11-23-41(42(33)40)45-47-43(34-15-5-2-6-16-34)46-44(48-45)36-27-25-30-24-26-35(28-37(30)29-36)39-21-9-17-31-14-7-8-20-38(31)39/h1-29H. The van der Waals surface area contributed by atoms with E-state index in [1.165, 1.54) is 27.3 Å². The maximum atomic E-state index is 5.19. The summed E-state index contributed by atoms with van der Waals surface area (Å²) in [6.07, 6.45) is 0. The SMILES string of the molecule is c1ccc(-c2nc(-c3ccc4ccc(-c5cccc6ccccc56)cc4c3)nc(-c3cccc4cccc(-c5ccccc5)c34)n2)cc1. The molecule has 1 heterocycles. The van der Waals surface area contributed by atoms with Gasteiger partial charge in [-0.05, 0) is 61.3 Å². The van der Waals surface area contributed by atoms with E-state index in [9.17, 15) is 0 Å². The summed E-state index contributed by atoms with van der Waals surface area (Å²) in [5, 5.41) is 7.05. The largest absolute Gasteiger partial charge is 0.208 e. The molecular weight excluding hydrogens is 583 g/mol. The van der Waals surface area contributed by atoms with Crippen LogP contribution in [0.25, 0.3) is 88.7 Å². The smallest absolute Gasteiger partial charge is 0.164 e. The first-order valence-electron chi connectivity index (χ1n) is 16.2. The molecule has 0 aliphatic carbocycles. The Labute approximate surface area is 278 Å². The van der Waals surface area contributed by atoms with Gasteiger partial charge in [-0.15, -0.1) is 0 Å². The minimum Gasteiger partial charge on any atom is -0.208 e. The monoisotopic (exact) mass is 611 g/mol. The first-order valence-corrected chi connectivity index (χ1v) is 16.2. The second kappa shape index (κ2) is 11.7. The highest BCUT2D eigenvalue weighted by molar-refractivity contribution is 6.06. The number of rotatable bonds is 5. The van der Waals surface area contributed by atoms with Crippen LogP contribution in [0.4, 0.5) is 0 Å². The van der Waals surface area contributed by atoms with E-state index in [-0.39, 0.29) is 0 Å². The molecule has 0 radical (unpaired) electrons. The van der Waals surface area contributed by atoms with Crippen molar-refractivity contribution in [1.82, 2.24) is 15.0 Å². The van der Waals surface area contributed by atoms with E-state index < -0.39 is 0 Å². The molecule has 0 N–H and O–H groups in total. The molecule has 3 heteroatoms. The third kappa shape index (κ3) is 4.99. The van der Waals surface area contributed by atoms with Gasteiger partial charge in [-0.3, -0.25) is 0 Å². The lowest BCUT2D eigenvalue weighted by Gasteiger charge is -2.14. The number of fused-ring (bicyclic) bond motifs is 3. The van der Waals surface area contributed by atoms with Crippen molar-refractivity contribution in [2.24, 2.45) is 0 Å². The van der Waals surface area contributed by atoms with Crippen molar-refractivity contribution >= 4 is 32.3 Å². The van der Waals surface area contributed by atoms with Crippen LogP contribution in [-0.4, -0.2) is 15.0 Å². The van der Waals surface area contributed by atoms with Crippen LogP contribution < -0.4 is 0 Å². The van der Waals surface area contributed by atoms with Crippen LogP contribution in [-0.2, 0) is 0 Å². The Balaban J connectivity index is 1.24. The van der Waals surface area contributed by atoms with Crippen molar-refractivity contribution in [2.45, 2.75) is 0 Å². The zero-order valence-electron chi connectivity index (χ0n) is 26.1.